The van der Waals surface area contributed by atoms with Crippen molar-refractivity contribution in [2.75, 3.05) is 11.5 Å². The van der Waals surface area contributed by atoms with E-state index in [9.17, 15) is 0 Å². The molecule has 0 aromatic heterocycles. The summed E-state index contributed by atoms with van der Waals surface area (Å²) in [7, 11) is -0.159. The number of hydrogen-bond acceptors (Lipinski definition) is 1. The van der Waals surface area contributed by atoms with E-state index in [1.54, 1.807) is 0 Å². The molecule has 0 amide bonds. The standard InChI is InChI=1S/C17H37NS2.Fe/c1-3-5-7-9-11-13-15-20(17(18)19)16-14-12-10-8-6-4-2;/h20H,3-16H2,1-2H3,(H2,18,19);. The first kappa shape index (κ1) is 24.0. The number of unbranched alkanes of at least 4 members (excludes halogenated alkanes) is 10. The van der Waals surface area contributed by atoms with Crippen molar-refractivity contribution in [1.29, 1.82) is 0 Å². The van der Waals surface area contributed by atoms with Crippen LogP contribution in [0.5, 0.6) is 0 Å². The maximum Gasteiger partial charge on any atom is 0.111 e. The normalized spacial score (nSPS) is 11.0. The average Bonchev–Trinajstić information content (AvgIpc) is 2.43. The molecule has 0 saturated carbocycles. The van der Waals surface area contributed by atoms with Crippen LogP contribution in [0.4, 0.5) is 0 Å². The van der Waals surface area contributed by atoms with Crippen LogP contribution >= 0.6 is 23.1 Å². The van der Waals surface area contributed by atoms with Crippen LogP contribution < -0.4 is 5.73 Å². The van der Waals surface area contributed by atoms with Gasteiger partial charge in [-0.15, -0.1) is 0 Å². The number of thiocarbonyl (C=S) groups is 1. The summed E-state index contributed by atoms with van der Waals surface area (Å²) in [6.07, 6.45) is 16.5. The van der Waals surface area contributed by atoms with E-state index in [-0.39, 0.29) is 28.0 Å². The Morgan fingerprint density at radius 2 is 1.05 bits per heavy atom. The molecule has 0 unspecified atom stereocenters. The molecule has 0 aromatic rings. The number of hydrogen-bond donors (Lipinski definition) is 2. The Kier molecular flexibility index (Phi) is 21.5. The van der Waals surface area contributed by atoms with Gasteiger partial charge in [0.05, 0.1) is 0 Å². The SMILES string of the molecule is CCCCCCCC[SH](CCCCCCCC)C(N)=S.[Fe]. The van der Waals surface area contributed by atoms with Crippen LogP contribution in [0.3, 0.4) is 0 Å². The Bertz CT molecular complexity index is 209. The van der Waals surface area contributed by atoms with E-state index < -0.39 is 0 Å². The Morgan fingerprint density at radius 1 is 0.714 bits per heavy atom. The molecular weight excluding hydrogens is 338 g/mol. The van der Waals surface area contributed by atoms with Gasteiger partial charge in [0, 0.05) is 17.1 Å². The molecule has 0 spiro atoms. The van der Waals surface area contributed by atoms with Crippen molar-refractivity contribution in [2.45, 2.75) is 90.9 Å². The van der Waals surface area contributed by atoms with Crippen LogP contribution in [-0.2, 0) is 17.1 Å². The fourth-order valence-corrected chi connectivity index (χ4v) is 4.92. The van der Waals surface area contributed by atoms with Crippen LogP contribution in [0.1, 0.15) is 90.9 Å². The summed E-state index contributed by atoms with van der Waals surface area (Å²) in [5, 5.41) is 0. The monoisotopic (exact) mass is 375 g/mol. The first-order chi connectivity index (χ1) is 9.72. The van der Waals surface area contributed by atoms with Crippen molar-refractivity contribution in [3.8, 4) is 0 Å². The zero-order valence-corrected chi connectivity index (χ0v) is 17.0. The smallest absolute Gasteiger partial charge is 0.111 e. The predicted octanol–water partition coefficient (Wildman–Crippen LogP) is 5.95. The first-order valence-corrected chi connectivity index (χ1v) is 10.9. The van der Waals surface area contributed by atoms with Crippen LogP contribution in [0.25, 0.3) is 0 Å². The molecule has 0 saturated heterocycles. The van der Waals surface area contributed by atoms with Gasteiger partial charge in [0.25, 0.3) is 0 Å². The zero-order chi connectivity index (χ0) is 15.1. The third-order valence-corrected chi connectivity index (χ3v) is 6.98. The maximum atomic E-state index is 5.92. The Hall–Kier alpha value is 0.759. The van der Waals surface area contributed by atoms with Gasteiger partial charge in [-0.05, 0) is 24.3 Å². The summed E-state index contributed by atoms with van der Waals surface area (Å²) in [5.41, 5.74) is 5.92. The second-order valence-corrected chi connectivity index (χ2v) is 9.06. The molecule has 4 heteroatoms. The summed E-state index contributed by atoms with van der Waals surface area (Å²) >= 11 is 5.26. The topological polar surface area (TPSA) is 26.0 Å². The molecule has 0 heterocycles. The quantitative estimate of drug-likeness (QED) is 0.170. The van der Waals surface area contributed by atoms with Crippen molar-refractivity contribution >= 4 is 27.4 Å². The predicted molar refractivity (Wildman–Crippen MR) is 102 cm³/mol. The molecule has 21 heavy (non-hydrogen) atoms. The summed E-state index contributed by atoms with van der Waals surface area (Å²) < 4.78 is 0.821. The van der Waals surface area contributed by atoms with Crippen molar-refractivity contribution in [1.82, 2.24) is 0 Å². The summed E-state index contributed by atoms with van der Waals surface area (Å²) in [6, 6.07) is 0. The van der Waals surface area contributed by atoms with Crippen molar-refractivity contribution < 1.29 is 17.1 Å². The number of rotatable bonds is 14. The van der Waals surface area contributed by atoms with Gasteiger partial charge in [0.15, 0.2) is 0 Å². The first-order valence-electron chi connectivity index (χ1n) is 8.76. The van der Waals surface area contributed by atoms with Gasteiger partial charge >= 0.3 is 0 Å². The summed E-state index contributed by atoms with van der Waals surface area (Å²) in [4.78, 5) is 0. The van der Waals surface area contributed by atoms with E-state index in [0.717, 1.165) is 4.32 Å². The molecule has 0 bridgehead atoms. The van der Waals surface area contributed by atoms with Gasteiger partial charge < -0.3 is 5.73 Å². The Morgan fingerprint density at radius 3 is 1.38 bits per heavy atom. The molecule has 0 aromatic carbocycles. The zero-order valence-electron chi connectivity index (χ0n) is 14.2. The fraction of sp³-hybridized carbons (Fsp3) is 0.941. The second kappa shape index (κ2) is 18.8. The minimum absolute atomic E-state index is 0. The van der Waals surface area contributed by atoms with Gasteiger partial charge in [-0.25, -0.2) is 10.9 Å². The van der Waals surface area contributed by atoms with Gasteiger partial charge in [-0.3, -0.25) is 0 Å². The second-order valence-electron chi connectivity index (χ2n) is 5.86. The molecule has 0 atom stereocenters. The van der Waals surface area contributed by atoms with Gasteiger partial charge in [-0.2, -0.15) is 0 Å². The minimum Gasteiger partial charge on any atom is -0.386 e. The van der Waals surface area contributed by atoms with E-state index >= 15 is 0 Å². The van der Waals surface area contributed by atoms with Crippen molar-refractivity contribution in [3.05, 3.63) is 0 Å². The van der Waals surface area contributed by atoms with Crippen molar-refractivity contribution in [2.24, 2.45) is 5.73 Å². The average molecular weight is 375 g/mol. The van der Waals surface area contributed by atoms with E-state index in [1.807, 2.05) is 0 Å². The van der Waals surface area contributed by atoms with Gasteiger partial charge in [-0.1, -0.05) is 90.3 Å². The molecule has 0 aliphatic rings. The summed E-state index contributed by atoms with van der Waals surface area (Å²) in [5.74, 6) is 2.57. The van der Waals surface area contributed by atoms with E-state index in [4.69, 9.17) is 18.0 Å². The van der Waals surface area contributed by atoms with E-state index in [0.29, 0.717) is 0 Å². The Balaban J connectivity index is 0. The molecule has 130 valence electrons. The molecule has 1 nitrogen and oxygen atoms in total. The molecule has 0 radical (unpaired) electrons. The van der Waals surface area contributed by atoms with Crippen LogP contribution in [-0.4, -0.2) is 15.8 Å². The Labute approximate surface area is 152 Å². The molecule has 0 aliphatic carbocycles. The van der Waals surface area contributed by atoms with Crippen LogP contribution in [0.2, 0.25) is 0 Å². The van der Waals surface area contributed by atoms with Crippen molar-refractivity contribution in [3.63, 3.8) is 0 Å². The summed E-state index contributed by atoms with van der Waals surface area (Å²) in [6.45, 7) is 4.54. The third kappa shape index (κ3) is 17.0. The molecular formula is C17H37FeNS2. The minimum atomic E-state index is -0.159. The third-order valence-electron chi connectivity index (χ3n) is 3.87. The largest absolute Gasteiger partial charge is 0.386 e. The molecule has 2 N–H and O–H groups in total. The molecule has 0 fully saturated rings. The van der Waals surface area contributed by atoms with Gasteiger partial charge in [0.2, 0.25) is 0 Å². The van der Waals surface area contributed by atoms with Gasteiger partial charge in [0.1, 0.15) is 4.32 Å². The number of nitrogens with two attached hydrogens (primary N) is 1. The molecule has 0 aliphatic heterocycles. The van der Waals surface area contributed by atoms with E-state index in [1.165, 1.54) is 88.6 Å². The molecule has 0 rings (SSSR count). The van der Waals surface area contributed by atoms with Crippen LogP contribution in [0.15, 0.2) is 0 Å². The maximum absolute atomic E-state index is 5.92. The fourth-order valence-electron chi connectivity index (χ4n) is 2.50. The number of thiol groups is 1. The van der Waals surface area contributed by atoms with E-state index in [2.05, 4.69) is 13.8 Å². The van der Waals surface area contributed by atoms with Crippen LogP contribution in [0, 0.1) is 0 Å².